The molecule has 1 radical (unpaired) electrons. The first kappa shape index (κ1) is 16.8. The normalized spacial score (nSPS) is 21.3. The minimum Gasteiger partial charge on any atom is -0.0813 e. The summed E-state index contributed by atoms with van der Waals surface area (Å²) < 4.78 is 0. The maximum Gasteiger partial charge on any atom is -0.0104 e. The van der Waals surface area contributed by atoms with Gasteiger partial charge in [0.15, 0.2) is 0 Å². The second kappa shape index (κ2) is 7.47. The molecule has 0 bridgehead atoms. The van der Waals surface area contributed by atoms with Gasteiger partial charge in [-0.25, -0.2) is 0 Å². The maximum absolute atomic E-state index is 3.75. The Morgan fingerprint density at radius 3 is 2.45 bits per heavy atom. The minimum absolute atomic E-state index is 0.322. The van der Waals surface area contributed by atoms with E-state index in [1.807, 2.05) is 6.08 Å². The van der Waals surface area contributed by atoms with Crippen LogP contribution < -0.4 is 0 Å². The van der Waals surface area contributed by atoms with Crippen molar-refractivity contribution in [3.05, 3.63) is 65.7 Å². The van der Waals surface area contributed by atoms with Crippen LogP contribution in [0.15, 0.2) is 58.7 Å². The molecule has 0 N–H and O–H groups in total. The number of allylic oxidation sites excluding steroid dienone is 10. The van der Waals surface area contributed by atoms with Gasteiger partial charge in [-0.2, -0.15) is 0 Å². The molecule has 0 saturated heterocycles. The van der Waals surface area contributed by atoms with E-state index >= 15 is 0 Å². The molecule has 1 aliphatic carbocycles. The fourth-order valence-electron chi connectivity index (χ4n) is 2.70. The Bertz CT molecular complexity index is 476. The summed E-state index contributed by atoms with van der Waals surface area (Å²) in [5, 5.41) is 0. The number of hydrogen-bond donors (Lipinski definition) is 0. The van der Waals surface area contributed by atoms with Crippen molar-refractivity contribution in [3.8, 4) is 0 Å². The van der Waals surface area contributed by atoms with Crippen LogP contribution in [0.4, 0.5) is 0 Å². The van der Waals surface area contributed by atoms with E-state index < -0.39 is 0 Å². The molecule has 0 atom stereocenters. The molecule has 0 aromatic rings. The highest BCUT2D eigenvalue weighted by atomic mass is 14.3. The fourth-order valence-corrected chi connectivity index (χ4v) is 2.70. The Balaban J connectivity index is 2.81. The zero-order valence-electron chi connectivity index (χ0n) is 13.8. The topological polar surface area (TPSA) is 0 Å². The smallest absolute Gasteiger partial charge is 0.0104 e. The van der Waals surface area contributed by atoms with Crippen LogP contribution in [0.3, 0.4) is 0 Å². The van der Waals surface area contributed by atoms with E-state index in [1.54, 1.807) is 5.57 Å². The molecule has 0 aromatic heterocycles. The van der Waals surface area contributed by atoms with E-state index in [1.165, 1.54) is 36.0 Å². The van der Waals surface area contributed by atoms with Crippen LogP contribution in [0.2, 0.25) is 0 Å². The third kappa shape index (κ3) is 5.00. The molecule has 1 rings (SSSR count). The highest BCUT2D eigenvalue weighted by molar-refractivity contribution is 5.37. The average molecular weight is 269 g/mol. The lowest BCUT2D eigenvalue weighted by Crippen LogP contribution is -2.19. The van der Waals surface area contributed by atoms with E-state index in [0.717, 1.165) is 0 Å². The Kier molecular flexibility index (Phi) is 6.26. The zero-order valence-corrected chi connectivity index (χ0v) is 13.8. The van der Waals surface area contributed by atoms with Gasteiger partial charge in [0.1, 0.15) is 0 Å². The first-order chi connectivity index (χ1) is 9.36. The first-order valence-corrected chi connectivity index (χ1v) is 7.56. The van der Waals surface area contributed by atoms with Crippen LogP contribution in [-0.4, -0.2) is 0 Å². The summed E-state index contributed by atoms with van der Waals surface area (Å²) in [6, 6.07) is 0. The highest BCUT2D eigenvalue weighted by Gasteiger charge is 2.26. The molecule has 0 fully saturated rings. The van der Waals surface area contributed by atoms with Crippen molar-refractivity contribution in [2.24, 2.45) is 5.41 Å². The lowest BCUT2D eigenvalue weighted by atomic mass is 9.72. The van der Waals surface area contributed by atoms with Gasteiger partial charge in [0.25, 0.3) is 0 Å². The standard InChI is InChI=1S/C20H29/c1-7-16(2)10-8-11-17(3)13-14-19-18(4)12-9-15-20(19,5)6/h7-8,10-11,13-14H,1,9,12,15H2,2-6H3/b10-8+,14-13+,16-7+,17-11+. The second-order valence-corrected chi connectivity index (χ2v) is 6.48. The Morgan fingerprint density at radius 2 is 1.85 bits per heavy atom. The van der Waals surface area contributed by atoms with E-state index in [4.69, 9.17) is 0 Å². The SMILES string of the molecule is [CH2]/C=C(C)/C=C/C=C(C)/C=C/C1=C(C)CCCC1(C)C. The summed E-state index contributed by atoms with van der Waals surface area (Å²) in [6.45, 7) is 15.0. The van der Waals surface area contributed by atoms with Crippen LogP contribution in [0.5, 0.6) is 0 Å². The Hall–Kier alpha value is -1.30. The van der Waals surface area contributed by atoms with Crippen molar-refractivity contribution in [1.82, 2.24) is 0 Å². The van der Waals surface area contributed by atoms with Crippen LogP contribution in [0.1, 0.15) is 53.9 Å². The monoisotopic (exact) mass is 269 g/mol. The van der Waals surface area contributed by atoms with Gasteiger partial charge in [0, 0.05) is 0 Å². The lowest BCUT2D eigenvalue weighted by Gasteiger charge is -2.32. The predicted octanol–water partition coefficient (Wildman–Crippen LogP) is 6.35. The molecular formula is C20H29. The highest BCUT2D eigenvalue weighted by Crippen LogP contribution is 2.40. The largest absolute Gasteiger partial charge is 0.0813 e. The molecule has 0 heterocycles. The van der Waals surface area contributed by atoms with E-state index in [-0.39, 0.29) is 0 Å². The van der Waals surface area contributed by atoms with Crippen molar-refractivity contribution in [2.75, 3.05) is 0 Å². The molecule has 0 saturated carbocycles. The molecule has 0 aliphatic heterocycles. The van der Waals surface area contributed by atoms with Crippen molar-refractivity contribution in [1.29, 1.82) is 0 Å². The predicted molar refractivity (Wildman–Crippen MR) is 91.5 cm³/mol. The molecular weight excluding hydrogens is 240 g/mol. The lowest BCUT2D eigenvalue weighted by molar-refractivity contribution is 0.377. The Labute approximate surface area is 125 Å². The van der Waals surface area contributed by atoms with Crippen molar-refractivity contribution >= 4 is 0 Å². The first-order valence-electron chi connectivity index (χ1n) is 7.56. The summed E-state index contributed by atoms with van der Waals surface area (Å²) in [5.74, 6) is 0. The quantitative estimate of drug-likeness (QED) is 0.521. The van der Waals surface area contributed by atoms with Crippen LogP contribution in [0.25, 0.3) is 0 Å². The van der Waals surface area contributed by atoms with Crippen molar-refractivity contribution in [2.45, 2.75) is 53.9 Å². The second-order valence-electron chi connectivity index (χ2n) is 6.48. The third-order valence-electron chi connectivity index (χ3n) is 4.10. The van der Waals surface area contributed by atoms with Gasteiger partial charge in [0.05, 0.1) is 0 Å². The van der Waals surface area contributed by atoms with Gasteiger partial charge in [-0.05, 0) is 57.9 Å². The molecule has 0 nitrogen and oxygen atoms in total. The summed E-state index contributed by atoms with van der Waals surface area (Å²) in [4.78, 5) is 0. The van der Waals surface area contributed by atoms with E-state index in [9.17, 15) is 0 Å². The molecule has 0 amide bonds. The molecule has 0 unspecified atom stereocenters. The summed E-state index contributed by atoms with van der Waals surface area (Å²) in [7, 11) is 0. The van der Waals surface area contributed by atoms with Crippen LogP contribution in [0, 0.1) is 12.3 Å². The molecule has 0 aromatic carbocycles. The van der Waals surface area contributed by atoms with E-state index in [0.29, 0.717) is 5.41 Å². The molecule has 0 spiro atoms. The van der Waals surface area contributed by atoms with Crippen LogP contribution >= 0.6 is 0 Å². The molecule has 109 valence electrons. The molecule has 0 heteroatoms. The van der Waals surface area contributed by atoms with Gasteiger partial charge in [0.2, 0.25) is 0 Å². The third-order valence-corrected chi connectivity index (χ3v) is 4.10. The fraction of sp³-hybridized carbons (Fsp3) is 0.450. The van der Waals surface area contributed by atoms with Crippen molar-refractivity contribution in [3.63, 3.8) is 0 Å². The number of rotatable bonds is 4. The zero-order chi connectivity index (χ0) is 15.2. The maximum atomic E-state index is 3.75. The summed E-state index contributed by atoms with van der Waals surface area (Å²) in [5.41, 5.74) is 5.86. The Morgan fingerprint density at radius 1 is 1.15 bits per heavy atom. The average Bonchev–Trinajstić information content (AvgIpc) is 2.37. The van der Waals surface area contributed by atoms with E-state index in [2.05, 4.69) is 71.9 Å². The summed E-state index contributed by atoms with van der Waals surface area (Å²) >= 11 is 0. The number of hydrogen-bond acceptors (Lipinski definition) is 0. The van der Waals surface area contributed by atoms with Crippen molar-refractivity contribution < 1.29 is 0 Å². The van der Waals surface area contributed by atoms with Gasteiger partial charge in [-0.3, -0.25) is 0 Å². The van der Waals surface area contributed by atoms with Gasteiger partial charge < -0.3 is 0 Å². The van der Waals surface area contributed by atoms with Gasteiger partial charge in [-0.1, -0.05) is 67.0 Å². The van der Waals surface area contributed by atoms with Gasteiger partial charge in [-0.15, -0.1) is 0 Å². The minimum atomic E-state index is 0.322. The van der Waals surface area contributed by atoms with Crippen LogP contribution in [-0.2, 0) is 0 Å². The molecule has 20 heavy (non-hydrogen) atoms. The van der Waals surface area contributed by atoms with Gasteiger partial charge >= 0.3 is 0 Å². The molecule has 1 aliphatic rings. The summed E-state index contributed by atoms with van der Waals surface area (Å²) in [6.07, 6.45) is 16.6.